The molecule has 0 spiro atoms. The van der Waals surface area contributed by atoms with E-state index in [1.807, 2.05) is 0 Å². The highest BCUT2D eigenvalue weighted by Crippen LogP contribution is 2.27. The first-order valence-corrected chi connectivity index (χ1v) is 12.0. The second-order valence-electron chi connectivity index (χ2n) is 9.06. The molecule has 168 valence electrons. The fourth-order valence-corrected chi connectivity index (χ4v) is 4.06. The zero-order valence-electron chi connectivity index (χ0n) is 20.2. The van der Waals surface area contributed by atoms with Gasteiger partial charge >= 0.3 is 0 Å². The van der Waals surface area contributed by atoms with Crippen molar-refractivity contribution < 1.29 is 0 Å². The fourth-order valence-electron chi connectivity index (χ4n) is 4.06. The molecule has 3 nitrogen and oxygen atoms in total. The molecule has 0 fully saturated rings. The fraction of sp³-hybridized carbons (Fsp3) is 0.300. The van der Waals surface area contributed by atoms with Crippen molar-refractivity contribution in [3.63, 3.8) is 0 Å². The summed E-state index contributed by atoms with van der Waals surface area (Å²) in [6.07, 6.45) is 6.15. The first-order valence-electron chi connectivity index (χ1n) is 12.0. The summed E-state index contributed by atoms with van der Waals surface area (Å²) in [4.78, 5) is 14.7. The quantitative estimate of drug-likeness (QED) is 0.264. The van der Waals surface area contributed by atoms with Gasteiger partial charge in [-0.05, 0) is 51.3 Å². The highest BCUT2D eigenvalue weighted by molar-refractivity contribution is 5.67. The van der Waals surface area contributed by atoms with E-state index >= 15 is 0 Å². The summed E-state index contributed by atoms with van der Waals surface area (Å²) in [5.41, 5.74) is 8.11. The predicted molar refractivity (Wildman–Crippen MR) is 138 cm³/mol. The van der Waals surface area contributed by atoms with Crippen LogP contribution in [0.1, 0.15) is 54.9 Å². The molecule has 0 aliphatic rings. The molecular formula is C30H33N3. The Morgan fingerprint density at radius 1 is 0.515 bits per heavy atom. The van der Waals surface area contributed by atoms with Crippen LogP contribution in [0.15, 0.2) is 66.7 Å². The van der Waals surface area contributed by atoms with Gasteiger partial charge in [-0.3, -0.25) is 0 Å². The highest BCUT2D eigenvalue weighted by Gasteiger charge is 2.13. The minimum Gasteiger partial charge on any atom is -0.208 e. The first-order chi connectivity index (χ1) is 16.0. The van der Waals surface area contributed by atoms with Gasteiger partial charge in [-0.15, -0.1) is 0 Å². The molecular weight excluding hydrogens is 402 g/mol. The summed E-state index contributed by atoms with van der Waals surface area (Å²) in [6, 6.07) is 23.5. The van der Waals surface area contributed by atoms with Crippen LogP contribution in [0.3, 0.4) is 0 Å². The highest BCUT2D eigenvalue weighted by atomic mass is 15.0. The molecule has 3 aromatic carbocycles. The van der Waals surface area contributed by atoms with Crippen LogP contribution in [0.2, 0.25) is 0 Å². The van der Waals surface area contributed by atoms with Gasteiger partial charge in [-0.1, -0.05) is 97.5 Å². The van der Waals surface area contributed by atoms with E-state index in [1.54, 1.807) is 0 Å². The van der Waals surface area contributed by atoms with Crippen LogP contribution in [0.5, 0.6) is 0 Å². The summed E-state index contributed by atoms with van der Waals surface area (Å²) in [7, 11) is 0. The zero-order valence-corrected chi connectivity index (χ0v) is 20.2. The third kappa shape index (κ3) is 5.92. The zero-order chi connectivity index (χ0) is 23.2. The summed E-state index contributed by atoms with van der Waals surface area (Å²) < 4.78 is 0. The number of aryl methyl sites for hydroxylation is 4. The molecule has 0 aliphatic carbocycles. The Kier molecular flexibility index (Phi) is 7.29. The van der Waals surface area contributed by atoms with E-state index in [9.17, 15) is 0 Å². The van der Waals surface area contributed by atoms with Crippen LogP contribution in [0.4, 0.5) is 0 Å². The van der Waals surface area contributed by atoms with E-state index in [2.05, 4.69) is 94.4 Å². The maximum Gasteiger partial charge on any atom is 0.164 e. The minimum atomic E-state index is 0.710. The van der Waals surface area contributed by atoms with Gasteiger partial charge in [0.15, 0.2) is 17.5 Å². The Morgan fingerprint density at radius 3 is 1.55 bits per heavy atom. The molecule has 1 aromatic heterocycles. The van der Waals surface area contributed by atoms with E-state index < -0.39 is 0 Å². The molecule has 0 bridgehead atoms. The van der Waals surface area contributed by atoms with Crippen LogP contribution >= 0.6 is 0 Å². The van der Waals surface area contributed by atoms with E-state index in [-0.39, 0.29) is 0 Å². The molecule has 0 aliphatic heterocycles. The van der Waals surface area contributed by atoms with Gasteiger partial charge < -0.3 is 0 Å². The van der Waals surface area contributed by atoms with Crippen molar-refractivity contribution in [3.05, 3.63) is 89.0 Å². The average Bonchev–Trinajstić information content (AvgIpc) is 2.82. The van der Waals surface area contributed by atoms with Crippen LogP contribution in [-0.2, 0) is 6.42 Å². The van der Waals surface area contributed by atoms with Gasteiger partial charge in [0.05, 0.1) is 0 Å². The number of benzene rings is 3. The number of hydrogen-bond acceptors (Lipinski definition) is 3. The van der Waals surface area contributed by atoms with E-state index in [4.69, 9.17) is 15.0 Å². The maximum absolute atomic E-state index is 4.92. The molecule has 1 heterocycles. The van der Waals surface area contributed by atoms with Gasteiger partial charge in [0.1, 0.15) is 0 Å². The third-order valence-electron chi connectivity index (χ3n) is 5.97. The van der Waals surface area contributed by atoms with Crippen LogP contribution < -0.4 is 0 Å². The Labute approximate surface area is 198 Å². The molecule has 3 heteroatoms. The number of unbranched alkanes of at least 4 members (excludes halogenated alkanes) is 3. The second kappa shape index (κ2) is 10.5. The Bertz CT molecular complexity index is 1140. The van der Waals surface area contributed by atoms with Crippen molar-refractivity contribution in [1.29, 1.82) is 0 Å². The lowest BCUT2D eigenvalue weighted by atomic mass is 10.0. The maximum atomic E-state index is 4.92. The van der Waals surface area contributed by atoms with Gasteiger partial charge in [-0.2, -0.15) is 0 Å². The molecule has 0 radical (unpaired) electrons. The van der Waals surface area contributed by atoms with Crippen molar-refractivity contribution in [2.75, 3.05) is 0 Å². The standard InChI is InChI=1S/C30H33N3/c1-5-6-7-8-9-24-18-23(4)19-27(20-24)30-32-28(25-14-10-21(2)11-15-25)31-29(33-30)26-16-12-22(3)13-17-26/h10-20H,5-9H2,1-4H3. The summed E-state index contributed by atoms with van der Waals surface area (Å²) >= 11 is 0. The lowest BCUT2D eigenvalue weighted by Crippen LogP contribution is -2.01. The van der Waals surface area contributed by atoms with E-state index in [0.29, 0.717) is 11.6 Å². The van der Waals surface area contributed by atoms with Crippen LogP contribution in [0, 0.1) is 20.8 Å². The lowest BCUT2D eigenvalue weighted by Gasteiger charge is -2.11. The SMILES string of the molecule is CCCCCCc1cc(C)cc(-c2nc(-c3ccc(C)cc3)nc(-c3ccc(C)cc3)n2)c1. The molecule has 0 unspecified atom stereocenters. The van der Waals surface area contributed by atoms with Crippen molar-refractivity contribution in [3.8, 4) is 34.2 Å². The smallest absolute Gasteiger partial charge is 0.164 e. The van der Waals surface area contributed by atoms with Gasteiger partial charge in [0.2, 0.25) is 0 Å². The molecule has 0 saturated carbocycles. The van der Waals surface area contributed by atoms with Gasteiger partial charge in [-0.25, -0.2) is 15.0 Å². The Balaban J connectivity index is 1.78. The molecule has 0 N–H and O–H groups in total. The van der Waals surface area contributed by atoms with Crippen molar-refractivity contribution in [1.82, 2.24) is 15.0 Å². The normalized spacial score (nSPS) is 11.0. The van der Waals surface area contributed by atoms with Gasteiger partial charge in [0, 0.05) is 16.7 Å². The number of aromatic nitrogens is 3. The second-order valence-corrected chi connectivity index (χ2v) is 9.06. The number of rotatable bonds is 8. The minimum absolute atomic E-state index is 0.710. The largest absolute Gasteiger partial charge is 0.208 e. The summed E-state index contributed by atoms with van der Waals surface area (Å²) in [5.74, 6) is 2.15. The molecule has 33 heavy (non-hydrogen) atoms. The first kappa shape index (κ1) is 22.8. The topological polar surface area (TPSA) is 38.7 Å². The van der Waals surface area contributed by atoms with Crippen molar-refractivity contribution in [2.24, 2.45) is 0 Å². The molecule has 0 atom stereocenters. The summed E-state index contributed by atoms with van der Waals surface area (Å²) in [6.45, 7) is 8.59. The Hall–Kier alpha value is -3.33. The molecule has 4 aromatic rings. The number of hydrogen-bond donors (Lipinski definition) is 0. The molecule has 4 rings (SSSR count). The lowest BCUT2D eigenvalue weighted by molar-refractivity contribution is 0.667. The van der Waals surface area contributed by atoms with Crippen LogP contribution in [-0.4, -0.2) is 15.0 Å². The van der Waals surface area contributed by atoms with Crippen LogP contribution in [0.25, 0.3) is 34.2 Å². The average molecular weight is 436 g/mol. The summed E-state index contributed by atoms with van der Waals surface area (Å²) in [5, 5.41) is 0. The van der Waals surface area contributed by atoms with E-state index in [1.165, 1.54) is 47.9 Å². The van der Waals surface area contributed by atoms with E-state index in [0.717, 1.165) is 28.9 Å². The predicted octanol–water partition coefficient (Wildman–Crippen LogP) is 7.92. The van der Waals surface area contributed by atoms with Gasteiger partial charge in [0.25, 0.3) is 0 Å². The van der Waals surface area contributed by atoms with Crippen molar-refractivity contribution >= 4 is 0 Å². The van der Waals surface area contributed by atoms with Crippen molar-refractivity contribution in [2.45, 2.75) is 59.8 Å². The molecule has 0 saturated heterocycles. The Morgan fingerprint density at radius 2 is 1.03 bits per heavy atom. The number of nitrogens with zero attached hydrogens (tertiary/aromatic N) is 3. The third-order valence-corrected chi connectivity index (χ3v) is 5.97. The monoisotopic (exact) mass is 435 g/mol. The molecule has 0 amide bonds.